The molecule has 0 saturated carbocycles. The topological polar surface area (TPSA) is 73.9 Å². The first-order valence-corrected chi connectivity index (χ1v) is 11.5. The molecular weight excluding hydrogens is 449 g/mol. The molecule has 2 aromatic carbocycles. The molecule has 4 rings (SSSR count). The number of benzene rings is 2. The van der Waals surface area contributed by atoms with Gasteiger partial charge in [-0.1, -0.05) is 26.0 Å². The maximum absolute atomic E-state index is 13.3. The molecule has 1 heterocycles. The molecule has 0 bridgehead atoms. The van der Waals surface area contributed by atoms with Crippen molar-refractivity contribution in [3.63, 3.8) is 0 Å². The van der Waals surface area contributed by atoms with Crippen molar-refractivity contribution >= 4 is 11.8 Å². The van der Waals surface area contributed by atoms with Crippen molar-refractivity contribution in [1.29, 1.82) is 0 Å². The van der Waals surface area contributed by atoms with E-state index in [2.05, 4.69) is 19.2 Å². The van der Waals surface area contributed by atoms with Crippen molar-refractivity contribution in [2.45, 2.75) is 46.1 Å². The zero-order valence-corrected chi connectivity index (χ0v) is 20.7. The summed E-state index contributed by atoms with van der Waals surface area (Å²) in [6.07, 6.45) is 1.11. The van der Waals surface area contributed by atoms with Crippen molar-refractivity contribution in [2.75, 3.05) is 14.2 Å². The molecule has 0 amide bonds. The van der Waals surface area contributed by atoms with Gasteiger partial charge in [0.2, 0.25) is 0 Å². The minimum Gasteiger partial charge on any atom is -0.496 e. The fourth-order valence-electron chi connectivity index (χ4n) is 4.90. The van der Waals surface area contributed by atoms with Crippen molar-refractivity contribution in [1.82, 2.24) is 5.32 Å². The number of allylic oxidation sites excluding steroid dienone is 3. The van der Waals surface area contributed by atoms with E-state index >= 15 is 0 Å². The lowest BCUT2D eigenvalue weighted by atomic mass is 9.68. The second-order valence-corrected chi connectivity index (χ2v) is 9.74. The molecule has 0 saturated heterocycles. The fraction of sp³-hybridized carbons (Fsp3) is 0.357. The number of Topliss-reactive ketones (excluding diaryl/α,β-unsaturated/α-hetero) is 1. The third kappa shape index (κ3) is 4.94. The maximum atomic E-state index is 13.3. The highest BCUT2D eigenvalue weighted by Crippen LogP contribution is 2.47. The van der Waals surface area contributed by atoms with E-state index in [9.17, 15) is 14.0 Å². The Balaban J connectivity index is 1.73. The average Bonchev–Trinajstić information content (AvgIpc) is 2.81. The van der Waals surface area contributed by atoms with Crippen LogP contribution < -0.4 is 14.8 Å². The number of carbonyl (C=O) groups is 2. The van der Waals surface area contributed by atoms with Crippen LogP contribution in [0.5, 0.6) is 11.5 Å². The number of dihydropyridines is 1. The number of ether oxygens (including phenoxy) is 3. The number of carbonyl (C=O) groups excluding carboxylic acids is 2. The molecule has 0 aromatic heterocycles. The number of rotatable bonds is 6. The Hall–Kier alpha value is -3.61. The third-order valence-electron chi connectivity index (χ3n) is 6.50. The molecule has 0 radical (unpaired) electrons. The highest BCUT2D eigenvalue weighted by molar-refractivity contribution is 6.04. The van der Waals surface area contributed by atoms with Crippen molar-refractivity contribution in [3.05, 3.63) is 81.9 Å². The quantitative estimate of drug-likeness (QED) is 0.575. The molecule has 0 fully saturated rings. The summed E-state index contributed by atoms with van der Waals surface area (Å²) in [5, 5.41) is 3.31. The van der Waals surface area contributed by atoms with Gasteiger partial charge in [0.25, 0.3) is 0 Å². The maximum Gasteiger partial charge on any atom is 0.336 e. The summed E-state index contributed by atoms with van der Waals surface area (Å²) in [5.41, 5.74) is 3.91. The van der Waals surface area contributed by atoms with Crippen LogP contribution in [0.1, 0.15) is 50.7 Å². The smallest absolute Gasteiger partial charge is 0.336 e. The first-order chi connectivity index (χ1) is 16.6. The summed E-state index contributed by atoms with van der Waals surface area (Å²) in [4.78, 5) is 26.2. The average molecular weight is 480 g/mol. The highest BCUT2D eigenvalue weighted by Gasteiger charge is 2.43. The Morgan fingerprint density at radius 1 is 1.11 bits per heavy atom. The number of methoxy groups -OCH3 is 2. The summed E-state index contributed by atoms with van der Waals surface area (Å²) in [7, 11) is 2.90. The van der Waals surface area contributed by atoms with Gasteiger partial charge in [-0.15, -0.1) is 0 Å². The van der Waals surface area contributed by atoms with E-state index in [1.165, 1.54) is 19.2 Å². The van der Waals surface area contributed by atoms with Crippen molar-refractivity contribution < 1.29 is 28.2 Å². The summed E-state index contributed by atoms with van der Waals surface area (Å²) in [6.45, 7) is 6.18. The van der Waals surface area contributed by atoms with Crippen LogP contribution in [0.25, 0.3) is 0 Å². The predicted octanol–water partition coefficient (Wildman–Crippen LogP) is 5.19. The fourth-order valence-corrected chi connectivity index (χ4v) is 4.90. The van der Waals surface area contributed by atoms with E-state index in [4.69, 9.17) is 14.2 Å². The first-order valence-electron chi connectivity index (χ1n) is 11.5. The Kier molecular flexibility index (Phi) is 6.70. The summed E-state index contributed by atoms with van der Waals surface area (Å²) in [6, 6.07) is 11.4. The Morgan fingerprint density at radius 2 is 1.83 bits per heavy atom. The van der Waals surface area contributed by atoms with Gasteiger partial charge in [-0.25, -0.2) is 9.18 Å². The lowest BCUT2D eigenvalue weighted by Gasteiger charge is -2.39. The van der Waals surface area contributed by atoms with Crippen LogP contribution in [-0.2, 0) is 20.9 Å². The van der Waals surface area contributed by atoms with Crippen LogP contribution in [-0.4, -0.2) is 26.0 Å². The number of esters is 1. The van der Waals surface area contributed by atoms with Crippen LogP contribution >= 0.6 is 0 Å². The van der Waals surface area contributed by atoms with Gasteiger partial charge in [0.15, 0.2) is 5.78 Å². The minimum absolute atomic E-state index is 0.0188. The third-order valence-corrected chi connectivity index (χ3v) is 6.50. The van der Waals surface area contributed by atoms with Gasteiger partial charge in [-0.3, -0.25) is 4.79 Å². The van der Waals surface area contributed by atoms with E-state index < -0.39 is 11.9 Å². The van der Waals surface area contributed by atoms with E-state index in [-0.39, 0.29) is 23.6 Å². The van der Waals surface area contributed by atoms with Gasteiger partial charge in [-0.05, 0) is 54.7 Å². The molecule has 1 atom stereocenters. The standard InChI is InChI=1S/C28H30FNO5/c1-16-24(27(32)34-5)25(26-21(30-16)13-28(2,3)14-22(26)31)17-6-7-18(23(12-17)33-4)15-35-20-10-8-19(29)9-11-20/h6-12,25,30H,13-15H2,1-5H3. The van der Waals surface area contributed by atoms with Crippen LogP contribution in [0.4, 0.5) is 4.39 Å². The van der Waals surface area contributed by atoms with E-state index in [1.54, 1.807) is 19.2 Å². The van der Waals surface area contributed by atoms with Gasteiger partial charge in [0.1, 0.15) is 23.9 Å². The summed E-state index contributed by atoms with van der Waals surface area (Å²) >= 11 is 0. The van der Waals surface area contributed by atoms with Gasteiger partial charge in [-0.2, -0.15) is 0 Å². The summed E-state index contributed by atoms with van der Waals surface area (Å²) < 4.78 is 29.7. The van der Waals surface area contributed by atoms with Gasteiger partial charge in [0.05, 0.1) is 19.8 Å². The molecule has 1 aliphatic carbocycles. The van der Waals surface area contributed by atoms with Crippen LogP contribution in [0.2, 0.25) is 0 Å². The molecule has 35 heavy (non-hydrogen) atoms. The van der Waals surface area contributed by atoms with Gasteiger partial charge in [0, 0.05) is 34.9 Å². The molecule has 2 aromatic rings. The molecule has 1 N–H and O–H groups in total. The second-order valence-electron chi connectivity index (χ2n) is 9.74. The Morgan fingerprint density at radius 3 is 2.49 bits per heavy atom. The van der Waals surface area contributed by atoms with E-state index in [0.717, 1.165) is 16.8 Å². The van der Waals surface area contributed by atoms with Crippen LogP contribution in [0.3, 0.4) is 0 Å². The largest absolute Gasteiger partial charge is 0.496 e. The highest BCUT2D eigenvalue weighted by atomic mass is 19.1. The van der Waals surface area contributed by atoms with Crippen molar-refractivity contribution in [3.8, 4) is 11.5 Å². The number of halogens is 1. The number of hydrogen-bond donors (Lipinski definition) is 1. The minimum atomic E-state index is -0.566. The number of ketones is 1. The lowest BCUT2D eigenvalue weighted by Crippen LogP contribution is -2.38. The normalized spacial score (nSPS) is 19.1. The molecule has 1 aliphatic heterocycles. The number of nitrogens with one attached hydrogen (secondary N) is 1. The predicted molar refractivity (Wildman–Crippen MR) is 129 cm³/mol. The van der Waals surface area contributed by atoms with Crippen LogP contribution in [0.15, 0.2) is 65.0 Å². The van der Waals surface area contributed by atoms with E-state index in [1.807, 2.05) is 25.1 Å². The SMILES string of the molecule is COC(=O)C1=C(C)NC2=C(C(=O)CC(C)(C)C2)C1c1ccc(COc2ccc(F)cc2)c(OC)c1. The molecule has 2 aliphatic rings. The monoisotopic (exact) mass is 479 g/mol. The Labute approximate surface area is 204 Å². The van der Waals surface area contributed by atoms with Gasteiger partial charge < -0.3 is 19.5 Å². The molecule has 0 spiro atoms. The second kappa shape index (κ2) is 9.56. The van der Waals surface area contributed by atoms with Crippen LogP contribution in [0, 0.1) is 11.2 Å². The summed E-state index contributed by atoms with van der Waals surface area (Å²) in [5.74, 6) is -0.260. The molecule has 184 valence electrons. The first kappa shape index (κ1) is 24.5. The van der Waals surface area contributed by atoms with E-state index in [0.29, 0.717) is 41.2 Å². The number of hydrogen-bond acceptors (Lipinski definition) is 6. The van der Waals surface area contributed by atoms with Crippen molar-refractivity contribution in [2.24, 2.45) is 5.41 Å². The molecule has 7 heteroatoms. The lowest BCUT2D eigenvalue weighted by molar-refractivity contribution is -0.136. The molecule has 6 nitrogen and oxygen atoms in total. The Bertz CT molecular complexity index is 1230. The zero-order valence-electron chi connectivity index (χ0n) is 20.7. The molecule has 1 unspecified atom stereocenters. The van der Waals surface area contributed by atoms with Gasteiger partial charge >= 0.3 is 5.97 Å². The molecular formula is C28H30FNO5. The zero-order chi connectivity index (χ0) is 25.3.